The molecule has 0 saturated carbocycles. The quantitative estimate of drug-likeness (QED) is 0.559. The minimum atomic E-state index is -0.645. The van der Waals surface area contributed by atoms with Crippen molar-refractivity contribution in [3.63, 3.8) is 0 Å². The highest BCUT2D eigenvalue weighted by atomic mass is 35.5. The zero-order valence-corrected chi connectivity index (χ0v) is 16.8. The predicted octanol–water partition coefficient (Wildman–Crippen LogP) is 4.84. The Hall–Kier alpha value is -3.25. The molecule has 0 fully saturated rings. The van der Waals surface area contributed by atoms with Crippen molar-refractivity contribution in [1.29, 1.82) is 0 Å². The first-order valence-electron chi connectivity index (χ1n) is 9.30. The number of ether oxygens (including phenoxy) is 2. The molecule has 0 N–H and O–H groups in total. The maximum Gasteiger partial charge on any atom is 0.344 e. The Morgan fingerprint density at radius 1 is 1.17 bits per heavy atom. The summed E-state index contributed by atoms with van der Waals surface area (Å²) in [6.07, 6.45) is 2.78. The Kier molecular flexibility index (Phi) is 5.50. The van der Waals surface area contributed by atoms with Gasteiger partial charge in [-0.3, -0.25) is 0 Å². The van der Waals surface area contributed by atoms with Gasteiger partial charge in [-0.05, 0) is 48.3 Å². The average Bonchev–Trinajstić information content (AvgIpc) is 3.14. The van der Waals surface area contributed by atoms with Crippen molar-refractivity contribution in [2.45, 2.75) is 12.8 Å². The molecule has 2 aromatic carbocycles. The highest BCUT2D eigenvalue weighted by molar-refractivity contribution is 6.32. The van der Waals surface area contributed by atoms with Gasteiger partial charge in [0, 0.05) is 10.9 Å². The molecule has 152 valence electrons. The second-order valence-electron chi connectivity index (χ2n) is 6.79. The van der Waals surface area contributed by atoms with E-state index in [9.17, 15) is 14.0 Å². The lowest BCUT2D eigenvalue weighted by molar-refractivity contribution is -0.144. The van der Waals surface area contributed by atoms with E-state index in [1.54, 1.807) is 36.4 Å². The molecule has 0 unspecified atom stereocenters. The van der Waals surface area contributed by atoms with Crippen LogP contribution in [0.25, 0.3) is 22.6 Å². The number of methoxy groups -OCH3 is 1. The summed E-state index contributed by atoms with van der Waals surface area (Å²) >= 11 is 6.17. The van der Waals surface area contributed by atoms with Crippen molar-refractivity contribution in [3.05, 3.63) is 75.7 Å². The summed E-state index contributed by atoms with van der Waals surface area (Å²) in [5.41, 5.74) is 3.35. The third-order valence-electron chi connectivity index (χ3n) is 5.01. The van der Waals surface area contributed by atoms with E-state index in [-0.39, 0.29) is 5.56 Å². The lowest BCUT2D eigenvalue weighted by Gasteiger charge is -2.12. The Balaban J connectivity index is 1.84. The smallest absolute Gasteiger partial charge is 0.344 e. The molecule has 4 rings (SSSR count). The molecule has 30 heavy (non-hydrogen) atoms. The van der Waals surface area contributed by atoms with E-state index < -0.39 is 24.4 Å². The number of aromatic nitrogens is 1. The molecule has 0 saturated heterocycles. The van der Waals surface area contributed by atoms with Gasteiger partial charge in [0.15, 0.2) is 6.61 Å². The van der Waals surface area contributed by atoms with Crippen LogP contribution in [0.2, 0.25) is 5.02 Å². The van der Waals surface area contributed by atoms with Gasteiger partial charge in [-0.2, -0.15) is 0 Å². The average molecular weight is 426 g/mol. The Morgan fingerprint density at radius 2 is 1.97 bits per heavy atom. The van der Waals surface area contributed by atoms with Gasteiger partial charge in [0.1, 0.15) is 5.82 Å². The molecule has 0 aliphatic heterocycles. The van der Waals surface area contributed by atoms with Gasteiger partial charge in [0.05, 0.1) is 28.9 Å². The second-order valence-corrected chi connectivity index (χ2v) is 7.20. The molecule has 0 bridgehead atoms. The van der Waals surface area contributed by atoms with Gasteiger partial charge >= 0.3 is 11.9 Å². The fourth-order valence-corrected chi connectivity index (χ4v) is 3.81. The van der Waals surface area contributed by atoms with Crippen LogP contribution in [-0.4, -0.2) is 30.6 Å². The van der Waals surface area contributed by atoms with Crippen LogP contribution >= 0.6 is 11.6 Å². The molecule has 3 aromatic rings. The number of para-hydroxylation sites is 1. The molecule has 0 atom stereocenters. The summed E-state index contributed by atoms with van der Waals surface area (Å²) in [5, 5.41) is 0.936. The first-order chi connectivity index (χ1) is 14.5. The molecule has 1 aliphatic carbocycles. The topological polar surface area (TPSA) is 65.5 Å². The summed E-state index contributed by atoms with van der Waals surface area (Å²) in [6, 6.07) is 11.7. The van der Waals surface area contributed by atoms with E-state index in [0.717, 1.165) is 5.57 Å². The lowest BCUT2D eigenvalue weighted by atomic mass is 10.0. The third-order valence-corrected chi connectivity index (χ3v) is 5.34. The van der Waals surface area contributed by atoms with E-state index >= 15 is 0 Å². The molecule has 1 aromatic heterocycles. The number of hydrogen-bond acceptors (Lipinski definition) is 5. The van der Waals surface area contributed by atoms with E-state index in [1.807, 2.05) is 6.07 Å². The monoisotopic (exact) mass is 425 g/mol. The number of rotatable bonds is 4. The lowest BCUT2D eigenvalue weighted by Crippen LogP contribution is -2.17. The van der Waals surface area contributed by atoms with E-state index in [0.29, 0.717) is 45.6 Å². The minimum Gasteiger partial charge on any atom is -0.466 e. The van der Waals surface area contributed by atoms with Gasteiger partial charge in [0.2, 0.25) is 0 Å². The van der Waals surface area contributed by atoms with E-state index in [4.69, 9.17) is 21.3 Å². The zero-order valence-electron chi connectivity index (χ0n) is 16.1. The van der Waals surface area contributed by atoms with Crippen LogP contribution in [0.1, 0.15) is 33.6 Å². The number of esters is 2. The second kappa shape index (κ2) is 8.24. The number of allylic oxidation sites excluding steroid dienone is 1. The molecule has 7 heteroatoms. The van der Waals surface area contributed by atoms with Crippen molar-refractivity contribution in [1.82, 2.24) is 4.98 Å². The third kappa shape index (κ3) is 3.66. The highest BCUT2D eigenvalue weighted by Crippen LogP contribution is 2.38. The van der Waals surface area contributed by atoms with Crippen molar-refractivity contribution < 1.29 is 23.5 Å². The molecular weight excluding hydrogens is 409 g/mol. The maximum atomic E-state index is 14.3. The number of nitrogens with zero attached hydrogens (tertiary/aromatic N) is 1. The molecule has 5 nitrogen and oxygen atoms in total. The Labute approximate surface area is 177 Å². The summed E-state index contributed by atoms with van der Waals surface area (Å²) in [6.45, 7) is -0.478. The van der Waals surface area contributed by atoms with Gasteiger partial charge in [0.25, 0.3) is 0 Å². The van der Waals surface area contributed by atoms with Crippen LogP contribution in [0.4, 0.5) is 4.39 Å². The standard InChI is InChI=1S/C23H17ClFNO4/c1-29-20(27)12-30-23(28)21-14-5-2-3-8-19(14)26-22-13(9-10-15(21)22)11-16-17(24)6-4-7-18(16)25/h2-8,11H,9-10,12H2,1H3/b13-11+. The largest absolute Gasteiger partial charge is 0.466 e. The van der Waals surface area contributed by atoms with Crippen LogP contribution < -0.4 is 0 Å². The number of fused-ring (bicyclic) bond motifs is 2. The SMILES string of the molecule is COC(=O)COC(=O)c1c2c(nc3ccccc13)/C(=C/c1c(F)cccc1Cl)CC2. The molecule has 1 aliphatic rings. The zero-order chi connectivity index (χ0) is 21.3. The Bertz CT molecular complexity index is 1190. The minimum absolute atomic E-state index is 0.284. The van der Waals surface area contributed by atoms with Crippen molar-refractivity contribution in [2.24, 2.45) is 0 Å². The van der Waals surface area contributed by atoms with Crippen LogP contribution in [0, 0.1) is 5.82 Å². The molecule has 0 radical (unpaired) electrons. The van der Waals surface area contributed by atoms with Crippen molar-refractivity contribution in [3.8, 4) is 0 Å². The van der Waals surface area contributed by atoms with Crippen molar-refractivity contribution >= 4 is 46.1 Å². The van der Waals surface area contributed by atoms with Crippen LogP contribution in [0.3, 0.4) is 0 Å². The summed E-state index contributed by atoms with van der Waals surface area (Å²) in [7, 11) is 1.22. The highest BCUT2D eigenvalue weighted by Gasteiger charge is 2.28. The Morgan fingerprint density at radius 3 is 2.73 bits per heavy atom. The van der Waals surface area contributed by atoms with Gasteiger partial charge < -0.3 is 9.47 Å². The summed E-state index contributed by atoms with van der Waals surface area (Å²) in [4.78, 5) is 29.0. The number of halogens is 2. The van der Waals surface area contributed by atoms with Crippen LogP contribution in [-0.2, 0) is 20.7 Å². The van der Waals surface area contributed by atoms with E-state index in [1.165, 1.54) is 13.2 Å². The molecule has 1 heterocycles. The summed E-state index contributed by atoms with van der Waals surface area (Å²) in [5.74, 6) is -1.70. The van der Waals surface area contributed by atoms with Gasteiger partial charge in [-0.15, -0.1) is 0 Å². The first-order valence-corrected chi connectivity index (χ1v) is 9.68. The van der Waals surface area contributed by atoms with Crippen molar-refractivity contribution in [2.75, 3.05) is 13.7 Å². The first kappa shape index (κ1) is 20.0. The molecule has 0 amide bonds. The van der Waals surface area contributed by atoms with Crippen LogP contribution in [0.15, 0.2) is 42.5 Å². The van der Waals surface area contributed by atoms with Crippen LogP contribution in [0.5, 0.6) is 0 Å². The number of carbonyl (C=O) groups excluding carboxylic acids is 2. The number of benzene rings is 2. The molecule has 0 spiro atoms. The van der Waals surface area contributed by atoms with E-state index in [2.05, 4.69) is 4.74 Å². The summed E-state index contributed by atoms with van der Waals surface area (Å²) < 4.78 is 24.0. The number of hydrogen-bond donors (Lipinski definition) is 0. The fourth-order valence-electron chi connectivity index (χ4n) is 3.59. The molecular formula is C23H17ClFNO4. The van der Waals surface area contributed by atoms with Gasteiger partial charge in [-0.1, -0.05) is 35.9 Å². The normalized spacial score (nSPS) is 14.0. The number of carbonyl (C=O) groups is 2. The predicted molar refractivity (Wildman–Crippen MR) is 112 cm³/mol. The van der Waals surface area contributed by atoms with Gasteiger partial charge in [-0.25, -0.2) is 19.0 Å². The maximum absolute atomic E-state index is 14.3. The number of pyridine rings is 1. The fraction of sp³-hybridized carbons (Fsp3) is 0.174.